The predicted octanol–water partition coefficient (Wildman–Crippen LogP) is 0.939. The maximum absolute atomic E-state index is 12.0. The van der Waals surface area contributed by atoms with Crippen molar-refractivity contribution < 1.29 is 8.42 Å². The van der Waals surface area contributed by atoms with Gasteiger partial charge in [-0.05, 0) is 0 Å². The van der Waals surface area contributed by atoms with Crippen molar-refractivity contribution >= 4 is 54.2 Å². The Kier molecular flexibility index (Phi) is 4.51. The van der Waals surface area contributed by atoms with Crippen molar-refractivity contribution in [2.24, 2.45) is 0 Å². The van der Waals surface area contributed by atoms with E-state index in [1.165, 1.54) is 16.9 Å². The SMILES string of the molecule is O=S(=O)(NCc1ccccc1Cl)c1cc([AsH2])[c]s1. The molecule has 1 atom stereocenters. The molecule has 18 heavy (non-hydrogen) atoms. The second kappa shape index (κ2) is 5.76. The minimum atomic E-state index is -3.47. The quantitative estimate of drug-likeness (QED) is 0.823. The molecule has 3 nitrogen and oxygen atoms in total. The Hall–Kier alpha value is -0.322. The molecule has 95 valence electrons. The molecule has 0 aliphatic heterocycles. The Labute approximate surface area is 124 Å². The Morgan fingerprint density at radius 2 is 2.11 bits per heavy atom. The van der Waals surface area contributed by atoms with E-state index in [1.54, 1.807) is 24.3 Å². The summed E-state index contributed by atoms with van der Waals surface area (Å²) in [5.74, 6) is 0. The normalized spacial score (nSPS) is 11.7. The van der Waals surface area contributed by atoms with Crippen molar-refractivity contribution in [3.63, 3.8) is 0 Å². The van der Waals surface area contributed by atoms with Crippen molar-refractivity contribution in [3.05, 3.63) is 46.3 Å². The first-order chi connectivity index (χ1) is 8.49. The van der Waals surface area contributed by atoms with Crippen molar-refractivity contribution in [1.29, 1.82) is 0 Å². The Morgan fingerprint density at radius 1 is 1.39 bits per heavy atom. The molecule has 0 saturated carbocycles. The fourth-order valence-corrected chi connectivity index (χ4v) is 4.72. The van der Waals surface area contributed by atoms with Crippen molar-refractivity contribution in [2.75, 3.05) is 0 Å². The molecular weight excluding hydrogens is 353 g/mol. The van der Waals surface area contributed by atoms with Crippen LogP contribution in [0.1, 0.15) is 5.56 Å². The summed E-state index contributed by atoms with van der Waals surface area (Å²) in [6, 6.07) is 8.78. The monoisotopic (exact) mass is 362 g/mol. The zero-order valence-electron chi connectivity index (χ0n) is 9.18. The number of sulfonamides is 1. The first-order valence-corrected chi connectivity index (χ1v) is 8.88. The number of benzene rings is 1. The molecule has 0 aliphatic carbocycles. The van der Waals surface area contributed by atoms with Crippen LogP contribution in [0.3, 0.4) is 0 Å². The minimum absolute atomic E-state index is 0.185. The first-order valence-electron chi connectivity index (χ1n) is 4.99. The van der Waals surface area contributed by atoms with Gasteiger partial charge in [0.1, 0.15) is 0 Å². The van der Waals surface area contributed by atoms with Crippen LogP contribution in [0.4, 0.5) is 0 Å². The van der Waals surface area contributed by atoms with E-state index in [9.17, 15) is 8.42 Å². The van der Waals surface area contributed by atoms with E-state index >= 15 is 0 Å². The van der Waals surface area contributed by atoms with Crippen molar-refractivity contribution in [2.45, 2.75) is 10.8 Å². The molecule has 0 aliphatic rings. The van der Waals surface area contributed by atoms with Crippen LogP contribution in [0.15, 0.2) is 34.5 Å². The van der Waals surface area contributed by atoms with E-state index in [-0.39, 0.29) is 10.8 Å². The zero-order chi connectivity index (χ0) is 13.2. The average molecular weight is 363 g/mol. The molecule has 2 aromatic rings. The number of thiophene rings is 1. The van der Waals surface area contributed by atoms with Gasteiger partial charge in [-0.25, -0.2) is 0 Å². The van der Waals surface area contributed by atoms with Gasteiger partial charge in [-0.3, -0.25) is 0 Å². The van der Waals surface area contributed by atoms with Crippen LogP contribution in [-0.2, 0) is 16.6 Å². The fraction of sp³-hybridized carbons (Fsp3) is 0.0909. The van der Waals surface area contributed by atoms with Crippen LogP contribution < -0.4 is 9.07 Å². The Morgan fingerprint density at radius 3 is 2.72 bits per heavy atom. The number of rotatable bonds is 4. The molecule has 0 spiro atoms. The van der Waals surface area contributed by atoms with Gasteiger partial charge < -0.3 is 0 Å². The molecule has 1 radical (unpaired) electrons. The molecule has 1 aromatic heterocycles. The van der Waals surface area contributed by atoms with Gasteiger partial charge in [0.05, 0.1) is 0 Å². The Bertz CT molecular complexity index is 655. The third-order valence-electron chi connectivity index (χ3n) is 2.22. The fourth-order valence-electron chi connectivity index (χ4n) is 1.31. The van der Waals surface area contributed by atoms with Crippen LogP contribution >= 0.6 is 22.9 Å². The molecule has 0 amide bonds. The summed E-state index contributed by atoms with van der Waals surface area (Å²) in [5, 5.41) is 3.46. The summed E-state index contributed by atoms with van der Waals surface area (Å²) >= 11 is 8.42. The van der Waals surface area contributed by atoms with Crippen LogP contribution in [0.5, 0.6) is 0 Å². The van der Waals surface area contributed by atoms with E-state index in [1.807, 2.05) is 6.07 Å². The standard InChI is InChI=1S/C11H10AsClNO2S2/c12-9-5-11(17-7-9)18(15,16)14-6-8-3-1-2-4-10(8)13/h1-5,14H,6,12H2. The first kappa shape index (κ1) is 14.1. The van der Waals surface area contributed by atoms with E-state index in [2.05, 4.69) is 10.1 Å². The van der Waals surface area contributed by atoms with E-state index in [4.69, 9.17) is 11.6 Å². The second-order valence-corrected chi connectivity index (χ2v) is 8.09. The van der Waals surface area contributed by atoms with Gasteiger partial charge in [0.2, 0.25) is 0 Å². The van der Waals surface area contributed by atoms with Crippen LogP contribution in [0.25, 0.3) is 0 Å². The van der Waals surface area contributed by atoms with Gasteiger partial charge in [-0.1, -0.05) is 0 Å². The van der Waals surface area contributed by atoms with Crippen LogP contribution in [0, 0.1) is 5.38 Å². The van der Waals surface area contributed by atoms with Gasteiger partial charge in [0, 0.05) is 0 Å². The maximum atomic E-state index is 12.0. The Balaban J connectivity index is 2.13. The number of hydrogen-bond acceptors (Lipinski definition) is 3. The third kappa shape index (κ3) is 3.37. The number of hydrogen-bond donors (Lipinski definition) is 1. The molecule has 0 saturated heterocycles. The summed E-state index contributed by atoms with van der Waals surface area (Å²) in [6.07, 6.45) is 0. The van der Waals surface area contributed by atoms with Gasteiger partial charge >= 0.3 is 124 Å². The molecule has 1 N–H and O–H groups in total. The van der Waals surface area contributed by atoms with Gasteiger partial charge in [-0.15, -0.1) is 0 Å². The summed E-state index contributed by atoms with van der Waals surface area (Å²) in [6.45, 7) is 0.185. The van der Waals surface area contributed by atoms with E-state index in [0.717, 1.165) is 21.3 Å². The summed E-state index contributed by atoms with van der Waals surface area (Å²) < 4.78 is 27.6. The van der Waals surface area contributed by atoms with Gasteiger partial charge in [-0.2, -0.15) is 0 Å². The average Bonchev–Trinajstić information content (AvgIpc) is 2.76. The topological polar surface area (TPSA) is 46.2 Å². The van der Waals surface area contributed by atoms with E-state index in [0.29, 0.717) is 5.02 Å². The summed E-state index contributed by atoms with van der Waals surface area (Å²) in [5.41, 5.74) is 0.754. The zero-order valence-corrected chi connectivity index (χ0v) is 14.0. The van der Waals surface area contributed by atoms with Crippen LogP contribution in [-0.4, -0.2) is 25.3 Å². The second-order valence-electron chi connectivity index (χ2n) is 3.54. The molecule has 1 heterocycles. The third-order valence-corrected chi connectivity index (χ3v) is 6.42. The predicted molar refractivity (Wildman–Crippen MR) is 76.8 cm³/mol. The molecule has 0 bridgehead atoms. The molecule has 2 rings (SSSR count). The summed E-state index contributed by atoms with van der Waals surface area (Å²) in [7, 11) is -3.47. The van der Waals surface area contributed by atoms with Crippen molar-refractivity contribution in [3.8, 4) is 0 Å². The molecule has 1 unspecified atom stereocenters. The van der Waals surface area contributed by atoms with Gasteiger partial charge in [0.25, 0.3) is 0 Å². The molecule has 7 heteroatoms. The molecule has 1 aromatic carbocycles. The van der Waals surface area contributed by atoms with Crippen LogP contribution in [0.2, 0.25) is 5.02 Å². The molecule has 0 fully saturated rings. The van der Waals surface area contributed by atoms with E-state index < -0.39 is 10.0 Å². The van der Waals surface area contributed by atoms with Gasteiger partial charge in [0.15, 0.2) is 0 Å². The summed E-state index contributed by atoms with van der Waals surface area (Å²) in [4.78, 5) is 0. The number of halogens is 1. The van der Waals surface area contributed by atoms with Crippen molar-refractivity contribution in [1.82, 2.24) is 4.72 Å². The molecular formula is C11H10AsClNO2S2. The number of nitrogens with one attached hydrogen (secondary N) is 1.